The first-order valence-electron chi connectivity index (χ1n) is 4.43. The Morgan fingerprint density at radius 3 is 2.87 bits per heavy atom. The third-order valence-corrected chi connectivity index (χ3v) is 2.75. The van der Waals surface area contributed by atoms with Gasteiger partial charge in [-0.1, -0.05) is 0 Å². The number of ether oxygens (including phenoxy) is 1. The molecule has 0 N–H and O–H groups in total. The summed E-state index contributed by atoms with van der Waals surface area (Å²) in [5, 5.41) is 3.80. The van der Waals surface area contributed by atoms with Gasteiger partial charge in [0.05, 0.1) is 7.11 Å². The van der Waals surface area contributed by atoms with Crippen LogP contribution >= 0.6 is 11.3 Å². The zero-order chi connectivity index (χ0) is 10.8. The van der Waals surface area contributed by atoms with Crippen molar-refractivity contribution in [1.29, 1.82) is 0 Å². The molecule has 0 amide bonds. The Morgan fingerprint density at radius 2 is 2.27 bits per heavy atom. The van der Waals surface area contributed by atoms with Gasteiger partial charge in [-0.05, 0) is 23.8 Å². The van der Waals surface area contributed by atoms with Gasteiger partial charge in [0, 0.05) is 11.6 Å². The summed E-state index contributed by atoms with van der Waals surface area (Å²) in [4.78, 5) is 11.7. The van der Waals surface area contributed by atoms with Crippen molar-refractivity contribution in [2.24, 2.45) is 0 Å². The van der Waals surface area contributed by atoms with Gasteiger partial charge in [-0.2, -0.15) is 11.3 Å². The average molecular weight is 222 g/mol. The van der Waals surface area contributed by atoms with Crippen molar-refractivity contribution in [3.8, 4) is 16.9 Å². The van der Waals surface area contributed by atoms with Crippen LogP contribution in [0.2, 0.25) is 0 Å². The highest BCUT2D eigenvalue weighted by Crippen LogP contribution is 2.28. The first kappa shape index (κ1) is 9.98. The first-order valence-corrected chi connectivity index (χ1v) is 5.38. The molecule has 0 radical (unpaired) electrons. The number of aryl methyl sites for hydroxylation is 1. The van der Waals surface area contributed by atoms with Crippen molar-refractivity contribution in [2.45, 2.75) is 6.92 Å². The van der Waals surface area contributed by atoms with Gasteiger partial charge in [-0.15, -0.1) is 0 Å². The van der Waals surface area contributed by atoms with Crippen LogP contribution in [-0.2, 0) is 0 Å². The molecule has 2 heterocycles. The highest BCUT2D eigenvalue weighted by atomic mass is 32.1. The van der Waals surface area contributed by atoms with Gasteiger partial charge in [0.2, 0.25) is 0 Å². The van der Waals surface area contributed by atoms with E-state index in [4.69, 9.17) is 9.15 Å². The monoisotopic (exact) mass is 222 g/mol. The Hall–Kier alpha value is -1.55. The second-order valence-corrected chi connectivity index (χ2v) is 3.88. The number of methoxy groups -OCH3 is 1. The summed E-state index contributed by atoms with van der Waals surface area (Å²) < 4.78 is 10.2. The summed E-state index contributed by atoms with van der Waals surface area (Å²) in [6.07, 6.45) is 0. The molecule has 0 unspecified atom stereocenters. The van der Waals surface area contributed by atoms with Gasteiger partial charge >= 0.3 is 5.63 Å². The lowest BCUT2D eigenvalue weighted by atomic mass is 10.1. The molecule has 0 saturated carbocycles. The molecule has 2 aromatic heterocycles. The van der Waals surface area contributed by atoms with E-state index in [0.29, 0.717) is 17.1 Å². The smallest absolute Gasteiger partial charge is 0.347 e. The second kappa shape index (κ2) is 3.90. The maximum atomic E-state index is 11.7. The lowest BCUT2D eigenvalue weighted by Crippen LogP contribution is -2.05. The van der Waals surface area contributed by atoms with E-state index in [1.165, 1.54) is 11.3 Å². The van der Waals surface area contributed by atoms with Crippen LogP contribution < -0.4 is 10.4 Å². The normalized spacial score (nSPS) is 10.3. The minimum Gasteiger partial charge on any atom is -0.496 e. The van der Waals surface area contributed by atoms with Crippen LogP contribution in [0, 0.1) is 6.92 Å². The highest BCUT2D eigenvalue weighted by molar-refractivity contribution is 7.08. The first-order chi connectivity index (χ1) is 7.22. The van der Waals surface area contributed by atoms with E-state index in [-0.39, 0.29) is 5.63 Å². The van der Waals surface area contributed by atoms with Crippen molar-refractivity contribution in [1.82, 2.24) is 0 Å². The number of thiophene rings is 1. The second-order valence-electron chi connectivity index (χ2n) is 3.10. The molecule has 0 saturated heterocycles. The van der Waals surface area contributed by atoms with Crippen LogP contribution in [0.1, 0.15) is 5.76 Å². The lowest BCUT2D eigenvalue weighted by molar-refractivity contribution is 0.399. The molecule has 78 valence electrons. The number of hydrogen-bond donors (Lipinski definition) is 0. The van der Waals surface area contributed by atoms with E-state index in [1.807, 2.05) is 16.8 Å². The predicted octanol–water partition coefficient (Wildman–Crippen LogP) is 2.69. The summed E-state index contributed by atoms with van der Waals surface area (Å²) in [6.45, 7) is 1.72. The van der Waals surface area contributed by atoms with Gasteiger partial charge in [-0.25, -0.2) is 4.79 Å². The fraction of sp³-hybridized carbons (Fsp3) is 0.182. The van der Waals surface area contributed by atoms with Gasteiger partial charge < -0.3 is 9.15 Å². The van der Waals surface area contributed by atoms with E-state index in [9.17, 15) is 4.79 Å². The molecule has 2 rings (SSSR count). The van der Waals surface area contributed by atoms with Crippen molar-refractivity contribution in [3.63, 3.8) is 0 Å². The third-order valence-electron chi connectivity index (χ3n) is 2.07. The Labute approximate surface area is 90.9 Å². The molecular weight excluding hydrogens is 212 g/mol. The minimum atomic E-state index is -0.356. The molecular formula is C11H10O3S. The van der Waals surface area contributed by atoms with E-state index in [2.05, 4.69) is 0 Å². The molecule has 0 aromatic carbocycles. The Morgan fingerprint density at radius 1 is 1.47 bits per heavy atom. The summed E-state index contributed by atoms with van der Waals surface area (Å²) in [5.41, 5.74) is 0.972. The summed E-state index contributed by atoms with van der Waals surface area (Å²) in [6, 6.07) is 3.59. The van der Waals surface area contributed by atoms with Crippen LogP contribution in [0.15, 0.2) is 32.1 Å². The molecule has 3 nitrogen and oxygen atoms in total. The van der Waals surface area contributed by atoms with Crippen molar-refractivity contribution < 1.29 is 9.15 Å². The molecule has 0 aliphatic carbocycles. The Kier molecular flexibility index (Phi) is 2.60. The minimum absolute atomic E-state index is 0.356. The van der Waals surface area contributed by atoms with Crippen LogP contribution in [0.25, 0.3) is 11.1 Å². The average Bonchev–Trinajstić information content (AvgIpc) is 2.69. The molecule has 0 fully saturated rings. The quantitative estimate of drug-likeness (QED) is 0.784. The number of hydrogen-bond acceptors (Lipinski definition) is 4. The Bertz CT molecular complexity index is 511. The maximum absolute atomic E-state index is 11.7. The van der Waals surface area contributed by atoms with Gasteiger partial charge in [0.1, 0.15) is 17.1 Å². The van der Waals surface area contributed by atoms with Crippen LogP contribution in [-0.4, -0.2) is 7.11 Å². The Balaban J connectivity index is 2.70. The summed E-state index contributed by atoms with van der Waals surface area (Å²) in [7, 11) is 1.55. The van der Waals surface area contributed by atoms with Crippen LogP contribution in [0.5, 0.6) is 5.75 Å². The largest absolute Gasteiger partial charge is 0.496 e. The van der Waals surface area contributed by atoms with E-state index < -0.39 is 0 Å². The lowest BCUT2D eigenvalue weighted by Gasteiger charge is -2.05. The van der Waals surface area contributed by atoms with E-state index in [0.717, 1.165) is 5.56 Å². The fourth-order valence-corrected chi connectivity index (χ4v) is 2.06. The highest BCUT2D eigenvalue weighted by Gasteiger charge is 2.13. The van der Waals surface area contributed by atoms with Crippen LogP contribution in [0.4, 0.5) is 0 Å². The number of rotatable bonds is 2. The van der Waals surface area contributed by atoms with Gasteiger partial charge in [0.25, 0.3) is 0 Å². The van der Waals surface area contributed by atoms with Crippen molar-refractivity contribution >= 4 is 11.3 Å². The topological polar surface area (TPSA) is 39.4 Å². The molecule has 15 heavy (non-hydrogen) atoms. The summed E-state index contributed by atoms with van der Waals surface area (Å²) in [5.74, 6) is 1.11. The molecule has 0 bridgehead atoms. The van der Waals surface area contributed by atoms with E-state index >= 15 is 0 Å². The zero-order valence-corrected chi connectivity index (χ0v) is 9.26. The van der Waals surface area contributed by atoms with Crippen LogP contribution in [0.3, 0.4) is 0 Å². The SMILES string of the molecule is COc1cc(C)oc(=O)c1-c1ccsc1. The van der Waals surface area contributed by atoms with Crippen molar-refractivity contribution in [2.75, 3.05) is 7.11 Å². The maximum Gasteiger partial charge on any atom is 0.347 e. The molecule has 4 heteroatoms. The summed E-state index contributed by atoms with van der Waals surface area (Å²) >= 11 is 1.53. The molecule has 0 atom stereocenters. The predicted molar refractivity (Wildman–Crippen MR) is 59.6 cm³/mol. The van der Waals surface area contributed by atoms with E-state index in [1.54, 1.807) is 20.1 Å². The fourth-order valence-electron chi connectivity index (χ4n) is 1.41. The van der Waals surface area contributed by atoms with Gasteiger partial charge in [-0.3, -0.25) is 0 Å². The standard InChI is InChI=1S/C11H10O3S/c1-7-5-9(13-2)10(11(12)14-7)8-3-4-15-6-8/h3-6H,1-2H3. The molecule has 0 spiro atoms. The van der Waals surface area contributed by atoms with Gasteiger partial charge in [0.15, 0.2) is 0 Å². The molecule has 2 aromatic rings. The molecule has 0 aliphatic rings. The third kappa shape index (κ3) is 1.80. The zero-order valence-electron chi connectivity index (χ0n) is 8.44. The molecule has 0 aliphatic heterocycles. The van der Waals surface area contributed by atoms with Crippen molar-refractivity contribution in [3.05, 3.63) is 39.1 Å².